The number of β-amino-alcohol motifs (C(OH)–C–C–N with tert-alkyl or cyclic N) is 1. The number of ether oxygens (including phenoxy) is 1. The van der Waals surface area contributed by atoms with Crippen molar-refractivity contribution in [1.82, 2.24) is 14.9 Å². The van der Waals surface area contributed by atoms with Gasteiger partial charge in [-0.2, -0.15) is 13.2 Å². The summed E-state index contributed by atoms with van der Waals surface area (Å²) in [6.45, 7) is 3.75. The number of aromatic hydroxyl groups is 1. The van der Waals surface area contributed by atoms with E-state index in [1.807, 2.05) is 0 Å². The van der Waals surface area contributed by atoms with Gasteiger partial charge in [-0.15, -0.1) is 11.8 Å². The number of hydrogen-bond donors (Lipinski definition) is 2. The molecule has 1 atom stereocenters. The van der Waals surface area contributed by atoms with Crippen LogP contribution in [0.3, 0.4) is 0 Å². The van der Waals surface area contributed by atoms with Crippen molar-refractivity contribution in [3.05, 3.63) is 23.0 Å². The number of fused-ring (bicyclic) bond motifs is 1. The largest absolute Gasteiger partial charge is 0.493 e. The van der Waals surface area contributed by atoms with Crippen molar-refractivity contribution in [1.29, 1.82) is 0 Å². The lowest BCUT2D eigenvalue weighted by Crippen LogP contribution is -2.52. The van der Waals surface area contributed by atoms with Crippen LogP contribution in [-0.4, -0.2) is 69.8 Å². The Kier molecular flexibility index (Phi) is 6.06. The molecule has 2 aliphatic rings. The SMILES string of the molecule is Oc1ncnc2c(SCC(O)CN3CCC4(CC3)COC4)c(Cl)c(C(F)(F)F)cc12. The van der Waals surface area contributed by atoms with Crippen LogP contribution in [-0.2, 0) is 10.9 Å². The van der Waals surface area contributed by atoms with Gasteiger partial charge in [-0.3, -0.25) is 0 Å². The van der Waals surface area contributed by atoms with Gasteiger partial charge < -0.3 is 19.8 Å². The van der Waals surface area contributed by atoms with Gasteiger partial charge in [0.2, 0.25) is 5.88 Å². The maximum Gasteiger partial charge on any atom is 0.417 e. The van der Waals surface area contributed by atoms with Gasteiger partial charge in [0.15, 0.2) is 0 Å². The lowest BCUT2D eigenvalue weighted by molar-refractivity contribution is -0.140. The molecule has 0 aliphatic carbocycles. The second kappa shape index (κ2) is 8.31. The summed E-state index contributed by atoms with van der Waals surface area (Å²) in [6, 6.07) is 0.751. The smallest absolute Gasteiger partial charge is 0.417 e. The second-order valence-electron chi connectivity index (χ2n) is 7.92. The number of piperidine rings is 1. The third-order valence-electron chi connectivity index (χ3n) is 5.73. The molecule has 164 valence electrons. The molecule has 11 heteroatoms. The zero-order chi connectivity index (χ0) is 21.5. The van der Waals surface area contributed by atoms with Crippen molar-refractivity contribution in [2.24, 2.45) is 5.41 Å². The standard InChI is InChI=1S/C19H21ClF3N3O3S/c20-14-13(19(21,22)23)5-12-15(24-10-25-17(12)28)16(14)30-7-11(27)6-26-3-1-18(2-4-26)8-29-9-18/h5,10-11,27H,1-4,6-9H2,(H,24,25,28). The number of rotatable bonds is 5. The Morgan fingerprint density at radius 2 is 1.97 bits per heavy atom. The predicted octanol–water partition coefficient (Wildman–Crippen LogP) is 3.57. The molecular weight excluding hydrogens is 443 g/mol. The average molecular weight is 464 g/mol. The first kappa shape index (κ1) is 21.9. The van der Waals surface area contributed by atoms with E-state index in [1.54, 1.807) is 0 Å². The van der Waals surface area contributed by atoms with Gasteiger partial charge in [-0.05, 0) is 32.0 Å². The van der Waals surface area contributed by atoms with Crippen LogP contribution in [0.5, 0.6) is 5.88 Å². The number of nitrogens with zero attached hydrogens (tertiary/aromatic N) is 3. The highest BCUT2D eigenvalue weighted by Crippen LogP contribution is 2.44. The lowest BCUT2D eigenvalue weighted by Gasteiger charge is -2.47. The topological polar surface area (TPSA) is 78.7 Å². The summed E-state index contributed by atoms with van der Waals surface area (Å²) in [7, 11) is 0. The first-order valence-corrected chi connectivity index (χ1v) is 10.9. The Balaban J connectivity index is 1.48. The van der Waals surface area contributed by atoms with E-state index in [-0.39, 0.29) is 21.6 Å². The summed E-state index contributed by atoms with van der Waals surface area (Å²) in [4.78, 5) is 9.79. The van der Waals surface area contributed by atoms with E-state index in [0.29, 0.717) is 12.0 Å². The number of aliphatic hydroxyl groups excluding tert-OH is 1. The molecule has 1 spiro atoms. The van der Waals surface area contributed by atoms with Gasteiger partial charge in [0.1, 0.15) is 6.33 Å². The third kappa shape index (κ3) is 4.34. The molecule has 1 aromatic heterocycles. The van der Waals surface area contributed by atoms with Gasteiger partial charge >= 0.3 is 6.18 Å². The molecule has 0 bridgehead atoms. The van der Waals surface area contributed by atoms with Crippen molar-refractivity contribution >= 4 is 34.3 Å². The summed E-state index contributed by atoms with van der Waals surface area (Å²) < 4.78 is 45.6. The Morgan fingerprint density at radius 3 is 2.57 bits per heavy atom. The minimum Gasteiger partial charge on any atom is -0.493 e. The predicted molar refractivity (Wildman–Crippen MR) is 107 cm³/mol. The molecule has 0 amide bonds. The van der Waals surface area contributed by atoms with Crippen LogP contribution in [0.15, 0.2) is 17.3 Å². The van der Waals surface area contributed by atoms with Gasteiger partial charge in [0.25, 0.3) is 0 Å². The number of alkyl halides is 3. The zero-order valence-electron chi connectivity index (χ0n) is 16.0. The number of likely N-dealkylation sites (tertiary alicyclic amines) is 1. The number of thioether (sulfide) groups is 1. The van der Waals surface area contributed by atoms with Crippen LogP contribution in [0.2, 0.25) is 5.02 Å². The Morgan fingerprint density at radius 1 is 1.27 bits per heavy atom. The fourth-order valence-corrected chi connectivity index (χ4v) is 5.31. The van der Waals surface area contributed by atoms with Crippen molar-refractivity contribution in [2.75, 3.05) is 38.6 Å². The zero-order valence-corrected chi connectivity index (χ0v) is 17.5. The molecule has 1 unspecified atom stereocenters. The summed E-state index contributed by atoms with van der Waals surface area (Å²) in [5.74, 6) is -0.405. The molecule has 1 aromatic carbocycles. The number of halogens is 4. The van der Waals surface area contributed by atoms with Crippen molar-refractivity contribution in [3.8, 4) is 5.88 Å². The van der Waals surface area contributed by atoms with Crippen LogP contribution in [0.4, 0.5) is 13.2 Å². The van der Waals surface area contributed by atoms with Gasteiger partial charge in [-0.25, -0.2) is 9.97 Å². The van der Waals surface area contributed by atoms with E-state index >= 15 is 0 Å². The van der Waals surface area contributed by atoms with Crippen molar-refractivity contribution in [2.45, 2.75) is 30.0 Å². The van der Waals surface area contributed by atoms with E-state index in [4.69, 9.17) is 16.3 Å². The third-order valence-corrected chi connectivity index (χ3v) is 7.47. The highest BCUT2D eigenvalue weighted by molar-refractivity contribution is 7.99. The van der Waals surface area contributed by atoms with Crippen LogP contribution >= 0.6 is 23.4 Å². The van der Waals surface area contributed by atoms with Crippen LogP contribution in [0, 0.1) is 5.41 Å². The molecule has 3 heterocycles. The summed E-state index contributed by atoms with van der Waals surface area (Å²) >= 11 is 7.06. The molecule has 2 N–H and O–H groups in total. The quantitative estimate of drug-likeness (QED) is 0.656. The second-order valence-corrected chi connectivity index (χ2v) is 9.32. The Hall–Kier alpha value is -1.33. The minimum atomic E-state index is -4.70. The van der Waals surface area contributed by atoms with E-state index in [2.05, 4.69) is 14.9 Å². The molecule has 0 saturated carbocycles. The molecule has 30 heavy (non-hydrogen) atoms. The number of aliphatic hydroxyl groups is 1. The van der Waals surface area contributed by atoms with Gasteiger partial charge in [-0.1, -0.05) is 11.6 Å². The fraction of sp³-hybridized carbons (Fsp3) is 0.579. The first-order valence-electron chi connectivity index (χ1n) is 9.53. The van der Waals surface area contributed by atoms with Crippen LogP contribution in [0.1, 0.15) is 18.4 Å². The van der Waals surface area contributed by atoms with Gasteiger partial charge in [0.05, 0.1) is 45.7 Å². The normalized spacial score (nSPS) is 20.4. The first-order chi connectivity index (χ1) is 14.2. The fourth-order valence-electron chi connectivity index (χ4n) is 3.89. The minimum absolute atomic E-state index is 0.0717. The summed E-state index contributed by atoms with van der Waals surface area (Å²) in [6.07, 6.45) is -2.34. The highest BCUT2D eigenvalue weighted by atomic mass is 35.5. The van der Waals surface area contributed by atoms with Crippen LogP contribution < -0.4 is 0 Å². The number of aromatic nitrogens is 2. The number of hydrogen-bond acceptors (Lipinski definition) is 7. The molecule has 2 saturated heterocycles. The maximum atomic E-state index is 13.4. The van der Waals surface area contributed by atoms with Gasteiger partial charge in [0, 0.05) is 17.7 Å². The average Bonchev–Trinajstić information content (AvgIpc) is 2.65. The molecule has 6 nitrogen and oxygen atoms in total. The van der Waals surface area contributed by atoms with E-state index in [1.165, 1.54) is 0 Å². The molecule has 0 radical (unpaired) electrons. The van der Waals surface area contributed by atoms with Crippen LogP contribution in [0.25, 0.3) is 10.9 Å². The maximum absolute atomic E-state index is 13.4. The molecule has 2 fully saturated rings. The van der Waals surface area contributed by atoms with E-state index in [9.17, 15) is 23.4 Å². The molecule has 2 aromatic rings. The van der Waals surface area contributed by atoms with Crippen molar-refractivity contribution in [3.63, 3.8) is 0 Å². The molecular formula is C19H21ClF3N3O3S. The Labute approximate surface area is 180 Å². The lowest BCUT2D eigenvalue weighted by atomic mass is 9.77. The number of benzene rings is 1. The van der Waals surface area contributed by atoms with E-state index < -0.39 is 28.7 Å². The molecule has 2 aliphatic heterocycles. The monoisotopic (exact) mass is 463 g/mol. The Bertz CT molecular complexity index is 933. The van der Waals surface area contributed by atoms with E-state index in [0.717, 1.165) is 63.3 Å². The summed E-state index contributed by atoms with van der Waals surface area (Å²) in [5, 5.41) is 19.8. The molecule has 4 rings (SSSR count). The highest BCUT2D eigenvalue weighted by Gasteiger charge is 2.41. The van der Waals surface area contributed by atoms with Crippen molar-refractivity contribution < 1.29 is 28.1 Å². The summed E-state index contributed by atoms with van der Waals surface area (Å²) in [5.41, 5.74) is -0.645.